The first-order valence-electron chi connectivity index (χ1n) is 8.02. The molecule has 1 amide bonds. The van der Waals surface area contributed by atoms with Gasteiger partial charge in [-0.2, -0.15) is 0 Å². The summed E-state index contributed by atoms with van der Waals surface area (Å²) in [5.41, 5.74) is 0.468. The Morgan fingerprint density at radius 3 is 2.65 bits per heavy atom. The Labute approximate surface area is 149 Å². The number of hydrogen-bond donors (Lipinski definition) is 2. The van der Waals surface area contributed by atoms with E-state index in [1.54, 1.807) is 0 Å². The summed E-state index contributed by atoms with van der Waals surface area (Å²) in [6.45, 7) is 5.75. The summed E-state index contributed by atoms with van der Waals surface area (Å²) in [4.78, 5) is 12.8. The van der Waals surface area contributed by atoms with Gasteiger partial charge in [0.1, 0.15) is 0 Å². The number of amides is 1. The zero-order valence-corrected chi connectivity index (χ0v) is 15.1. The molecule has 4 nitrogen and oxygen atoms in total. The van der Waals surface area contributed by atoms with Crippen molar-refractivity contribution in [3.05, 3.63) is 34.9 Å². The quantitative estimate of drug-likeness (QED) is 0.735. The van der Waals surface area contributed by atoms with E-state index in [0.717, 1.165) is 25.1 Å². The van der Waals surface area contributed by atoms with Crippen molar-refractivity contribution >= 4 is 29.9 Å². The van der Waals surface area contributed by atoms with Crippen LogP contribution in [0.1, 0.15) is 31.7 Å². The molecule has 23 heavy (non-hydrogen) atoms. The van der Waals surface area contributed by atoms with Crippen LogP contribution in [0.2, 0.25) is 5.02 Å². The van der Waals surface area contributed by atoms with E-state index in [4.69, 9.17) is 16.3 Å². The van der Waals surface area contributed by atoms with E-state index in [2.05, 4.69) is 17.6 Å². The van der Waals surface area contributed by atoms with Gasteiger partial charge in [0.25, 0.3) is 0 Å². The summed E-state index contributed by atoms with van der Waals surface area (Å²) < 4.78 is 5.46. The maximum absolute atomic E-state index is 12.8. The number of carbonyl (C=O) groups excluding carboxylic acids is 1. The van der Waals surface area contributed by atoms with Crippen molar-refractivity contribution in [3.8, 4) is 0 Å². The van der Waals surface area contributed by atoms with Gasteiger partial charge in [-0.1, -0.05) is 30.7 Å². The monoisotopic (exact) mass is 360 g/mol. The maximum Gasteiger partial charge on any atom is 0.230 e. The minimum atomic E-state index is -0.520. The van der Waals surface area contributed by atoms with Crippen molar-refractivity contribution in [1.29, 1.82) is 0 Å². The van der Waals surface area contributed by atoms with Crippen LogP contribution < -0.4 is 10.6 Å². The molecule has 0 bridgehead atoms. The molecule has 2 rings (SSSR count). The average Bonchev–Trinajstić information content (AvgIpc) is 2.55. The fourth-order valence-corrected chi connectivity index (χ4v) is 3.08. The van der Waals surface area contributed by atoms with E-state index in [1.807, 2.05) is 24.3 Å². The van der Waals surface area contributed by atoms with Gasteiger partial charge in [0.15, 0.2) is 0 Å². The van der Waals surface area contributed by atoms with E-state index in [9.17, 15) is 4.79 Å². The number of nitrogens with one attached hydrogen (secondary N) is 2. The highest BCUT2D eigenvalue weighted by Crippen LogP contribution is 2.36. The SMILES string of the molecule is CCCNCCNC(=O)C1(c2cccc(Cl)c2)CCOCC1.Cl. The highest BCUT2D eigenvalue weighted by molar-refractivity contribution is 6.30. The van der Waals surface area contributed by atoms with Crippen LogP contribution in [0.25, 0.3) is 0 Å². The van der Waals surface area contributed by atoms with E-state index < -0.39 is 5.41 Å². The van der Waals surface area contributed by atoms with Crippen LogP contribution in [0.5, 0.6) is 0 Å². The van der Waals surface area contributed by atoms with Crippen molar-refractivity contribution in [3.63, 3.8) is 0 Å². The highest BCUT2D eigenvalue weighted by Gasteiger charge is 2.41. The first-order valence-corrected chi connectivity index (χ1v) is 8.39. The number of carbonyl (C=O) groups is 1. The van der Waals surface area contributed by atoms with E-state index in [0.29, 0.717) is 37.6 Å². The number of hydrogen-bond acceptors (Lipinski definition) is 3. The third-order valence-corrected chi connectivity index (χ3v) is 4.41. The van der Waals surface area contributed by atoms with Gasteiger partial charge in [0, 0.05) is 31.3 Å². The van der Waals surface area contributed by atoms with Gasteiger partial charge in [-0.3, -0.25) is 4.79 Å². The maximum atomic E-state index is 12.8. The zero-order chi connectivity index (χ0) is 15.8. The van der Waals surface area contributed by atoms with Gasteiger partial charge >= 0.3 is 0 Å². The summed E-state index contributed by atoms with van der Waals surface area (Å²) in [7, 11) is 0. The first-order chi connectivity index (χ1) is 10.7. The molecule has 2 N–H and O–H groups in total. The van der Waals surface area contributed by atoms with Crippen LogP contribution in [0.3, 0.4) is 0 Å². The Morgan fingerprint density at radius 2 is 2.00 bits per heavy atom. The van der Waals surface area contributed by atoms with Crippen molar-refractivity contribution in [2.24, 2.45) is 0 Å². The molecule has 130 valence electrons. The van der Waals surface area contributed by atoms with E-state index in [1.165, 1.54) is 0 Å². The minimum Gasteiger partial charge on any atom is -0.381 e. The van der Waals surface area contributed by atoms with Crippen molar-refractivity contribution in [2.75, 3.05) is 32.8 Å². The van der Waals surface area contributed by atoms with Crippen LogP contribution in [0, 0.1) is 0 Å². The summed E-state index contributed by atoms with van der Waals surface area (Å²) in [6, 6.07) is 7.64. The Balaban J connectivity index is 0.00000264. The van der Waals surface area contributed by atoms with Crippen LogP contribution in [0.15, 0.2) is 24.3 Å². The Kier molecular flexibility index (Phi) is 8.92. The van der Waals surface area contributed by atoms with Gasteiger partial charge in [0.05, 0.1) is 5.41 Å². The normalized spacial score (nSPS) is 16.4. The topological polar surface area (TPSA) is 50.4 Å². The molecule has 1 saturated heterocycles. The molecule has 0 unspecified atom stereocenters. The number of rotatable bonds is 7. The summed E-state index contributed by atoms with van der Waals surface area (Å²) in [5.74, 6) is 0.0800. The van der Waals surface area contributed by atoms with Gasteiger partial charge in [0.2, 0.25) is 5.91 Å². The lowest BCUT2D eigenvalue weighted by molar-refractivity contribution is -0.130. The predicted molar refractivity (Wildman–Crippen MR) is 96.6 cm³/mol. The summed E-state index contributed by atoms with van der Waals surface area (Å²) in [6.07, 6.45) is 2.49. The molecule has 1 aromatic carbocycles. The Hall–Kier alpha value is -0.810. The number of ether oxygens (including phenoxy) is 1. The van der Waals surface area contributed by atoms with E-state index >= 15 is 0 Å². The Bertz CT molecular complexity index is 491. The first kappa shape index (κ1) is 20.2. The second-order valence-electron chi connectivity index (χ2n) is 5.71. The van der Waals surface area contributed by atoms with Crippen LogP contribution in [0.4, 0.5) is 0 Å². The van der Waals surface area contributed by atoms with Gasteiger partial charge in [-0.25, -0.2) is 0 Å². The van der Waals surface area contributed by atoms with Gasteiger partial charge < -0.3 is 15.4 Å². The van der Waals surface area contributed by atoms with Crippen LogP contribution >= 0.6 is 24.0 Å². The second-order valence-corrected chi connectivity index (χ2v) is 6.15. The summed E-state index contributed by atoms with van der Waals surface area (Å²) >= 11 is 6.12. The predicted octanol–water partition coefficient (Wildman–Crippen LogP) is 2.93. The molecular weight excluding hydrogens is 335 g/mol. The number of halogens is 2. The van der Waals surface area contributed by atoms with Gasteiger partial charge in [-0.05, 0) is 43.5 Å². The molecule has 1 aromatic rings. The largest absolute Gasteiger partial charge is 0.381 e. The molecular formula is C17H26Cl2N2O2. The molecule has 0 radical (unpaired) electrons. The molecule has 0 aromatic heterocycles. The standard InChI is InChI=1S/C17H25ClN2O2.ClH/c1-2-8-19-9-10-20-16(21)17(6-11-22-12-7-17)14-4-3-5-15(18)13-14;/h3-5,13,19H,2,6-12H2,1H3,(H,20,21);1H. The fourth-order valence-electron chi connectivity index (χ4n) is 2.89. The van der Waals surface area contributed by atoms with Crippen molar-refractivity contribution in [2.45, 2.75) is 31.6 Å². The summed E-state index contributed by atoms with van der Waals surface area (Å²) in [5, 5.41) is 7.03. The molecule has 0 saturated carbocycles. The van der Waals surface area contributed by atoms with Crippen molar-refractivity contribution in [1.82, 2.24) is 10.6 Å². The van der Waals surface area contributed by atoms with Crippen LogP contribution in [-0.2, 0) is 14.9 Å². The van der Waals surface area contributed by atoms with Gasteiger partial charge in [-0.15, -0.1) is 12.4 Å². The molecule has 1 heterocycles. The van der Waals surface area contributed by atoms with Crippen LogP contribution in [-0.4, -0.2) is 38.8 Å². The molecule has 0 atom stereocenters. The highest BCUT2D eigenvalue weighted by atomic mass is 35.5. The second kappa shape index (κ2) is 10.1. The third kappa shape index (κ3) is 5.35. The third-order valence-electron chi connectivity index (χ3n) is 4.17. The lowest BCUT2D eigenvalue weighted by Crippen LogP contribution is -2.49. The van der Waals surface area contributed by atoms with E-state index in [-0.39, 0.29) is 18.3 Å². The average molecular weight is 361 g/mol. The zero-order valence-electron chi connectivity index (χ0n) is 13.6. The molecule has 6 heteroatoms. The number of benzene rings is 1. The smallest absolute Gasteiger partial charge is 0.230 e. The lowest BCUT2D eigenvalue weighted by atomic mass is 9.73. The molecule has 1 aliphatic heterocycles. The Morgan fingerprint density at radius 1 is 1.26 bits per heavy atom. The minimum absolute atomic E-state index is 0. The fraction of sp³-hybridized carbons (Fsp3) is 0.588. The molecule has 0 spiro atoms. The van der Waals surface area contributed by atoms with Crippen molar-refractivity contribution < 1.29 is 9.53 Å². The molecule has 1 fully saturated rings. The molecule has 1 aliphatic rings. The molecule has 0 aliphatic carbocycles. The lowest BCUT2D eigenvalue weighted by Gasteiger charge is -2.36.